The average Bonchev–Trinajstić information content (AvgIpc) is 3.12. The molecule has 12 heteroatoms. The number of carbonyl (C=O) groups is 2. The monoisotopic (exact) mass is 501 g/mol. The summed E-state index contributed by atoms with van der Waals surface area (Å²) in [5, 5.41) is 20.7. The summed E-state index contributed by atoms with van der Waals surface area (Å²) < 4.78 is 25.6. The Kier molecular flexibility index (Phi) is 7.55. The van der Waals surface area contributed by atoms with E-state index in [0.717, 1.165) is 11.9 Å². The number of carbonyl (C=O) groups excluding carboxylic acids is 1. The van der Waals surface area contributed by atoms with Crippen molar-refractivity contribution in [1.82, 2.24) is 9.88 Å². The fraction of sp³-hybridized carbons (Fsp3) is 0.217. The van der Waals surface area contributed by atoms with Gasteiger partial charge in [0.1, 0.15) is 6.61 Å². The summed E-state index contributed by atoms with van der Waals surface area (Å²) in [5.74, 6) is -2.12. The van der Waals surface area contributed by atoms with E-state index in [1.165, 1.54) is 12.1 Å². The minimum Gasteiger partial charge on any atom is -0.480 e. The minimum absolute atomic E-state index is 0.173. The molecular weight excluding hydrogens is 478 g/mol. The van der Waals surface area contributed by atoms with Gasteiger partial charge in [-0.15, -0.1) is 10.1 Å². The van der Waals surface area contributed by atoms with Crippen LogP contribution in [0.2, 0.25) is 0 Å². The van der Waals surface area contributed by atoms with Crippen LogP contribution in [0.25, 0.3) is 16.9 Å². The van der Waals surface area contributed by atoms with E-state index in [-0.39, 0.29) is 11.3 Å². The molecule has 1 atom stereocenters. The molecule has 0 saturated carbocycles. The lowest BCUT2D eigenvalue weighted by Crippen LogP contribution is -2.45. The normalized spacial score (nSPS) is 12.1. The standard InChI is InChI=1S/C23H23N3O8S/c1-15-17(13-22(27)24-20(23(28)29)14-34-26(30)31)12-21(25(15)18-6-4-3-5-7-18)16-8-10-19(11-9-16)35(2,32)33/h3-12,20H,13-14H2,1-2H3,(H,24,27)(H,28,29)/t20-/m0/s1. The number of hydrogen-bond acceptors (Lipinski definition) is 7. The predicted molar refractivity (Wildman–Crippen MR) is 125 cm³/mol. The molecule has 1 heterocycles. The maximum atomic E-state index is 12.6. The summed E-state index contributed by atoms with van der Waals surface area (Å²) >= 11 is 0. The number of hydrogen-bond donors (Lipinski definition) is 2. The van der Waals surface area contributed by atoms with E-state index >= 15 is 0 Å². The van der Waals surface area contributed by atoms with E-state index in [1.54, 1.807) is 25.1 Å². The first-order valence-electron chi connectivity index (χ1n) is 10.3. The predicted octanol–water partition coefficient (Wildman–Crippen LogP) is 2.18. The number of carboxylic acid groups (broad SMARTS) is 1. The van der Waals surface area contributed by atoms with Crippen molar-refractivity contribution < 1.29 is 33.0 Å². The van der Waals surface area contributed by atoms with Gasteiger partial charge in [-0.2, -0.15) is 0 Å². The number of nitrogens with zero attached hydrogens (tertiary/aromatic N) is 2. The number of benzene rings is 2. The number of aromatic nitrogens is 1. The SMILES string of the molecule is Cc1c(CC(=O)N[C@@H](CO[N+](=O)[O-])C(=O)O)cc(-c2ccc(S(C)(=O)=O)cc2)n1-c1ccccc1. The molecule has 0 radical (unpaired) electrons. The molecule has 1 amide bonds. The molecule has 0 fully saturated rings. The fourth-order valence-corrected chi connectivity index (χ4v) is 4.19. The highest BCUT2D eigenvalue weighted by Crippen LogP contribution is 2.30. The van der Waals surface area contributed by atoms with Crippen LogP contribution in [0.1, 0.15) is 11.3 Å². The quantitative estimate of drug-likeness (QED) is 0.316. The van der Waals surface area contributed by atoms with Crippen molar-refractivity contribution in [3.05, 3.63) is 82.0 Å². The molecule has 2 N–H and O–H groups in total. The van der Waals surface area contributed by atoms with Gasteiger partial charge in [0.15, 0.2) is 15.9 Å². The number of carboxylic acids is 1. The molecule has 11 nitrogen and oxygen atoms in total. The third-order valence-electron chi connectivity index (χ3n) is 5.28. The van der Waals surface area contributed by atoms with Gasteiger partial charge in [-0.25, -0.2) is 13.2 Å². The van der Waals surface area contributed by atoms with Gasteiger partial charge in [0.05, 0.1) is 17.0 Å². The van der Waals surface area contributed by atoms with E-state index in [1.807, 2.05) is 34.9 Å². The van der Waals surface area contributed by atoms with Gasteiger partial charge in [0, 0.05) is 17.6 Å². The van der Waals surface area contributed by atoms with E-state index in [2.05, 4.69) is 10.2 Å². The first kappa shape index (κ1) is 25.4. The molecule has 0 bridgehead atoms. The largest absolute Gasteiger partial charge is 0.480 e. The zero-order valence-electron chi connectivity index (χ0n) is 18.9. The zero-order valence-corrected chi connectivity index (χ0v) is 19.7. The van der Waals surface area contributed by atoms with Crippen LogP contribution in [0, 0.1) is 17.0 Å². The minimum atomic E-state index is -3.37. The second-order valence-corrected chi connectivity index (χ2v) is 9.78. The Labute approximate surface area is 201 Å². The van der Waals surface area contributed by atoms with Crippen LogP contribution in [0.3, 0.4) is 0 Å². The lowest BCUT2D eigenvalue weighted by molar-refractivity contribution is -0.757. The topological polar surface area (TPSA) is 158 Å². The highest BCUT2D eigenvalue weighted by atomic mass is 32.2. The van der Waals surface area contributed by atoms with E-state index in [0.29, 0.717) is 22.5 Å². The summed E-state index contributed by atoms with van der Waals surface area (Å²) in [6, 6.07) is 15.8. The average molecular weight is 502 g/mol. The Hall–Kier alpha value is -4.19. The van der Waals surface area contributed by atoms with Crippen LogP contribution in [0.5, 0.6) is 0 Å². The molecular formula is C23H23N3O8S. The summed E-state index contributed by atoms with van der Waals surface area (Å²) in [6.07, 6.45) is 0.930. The number of para-hydroxylation sites is 1. The molecule has 3 rings (SSSR count). The maximum absolute atomic E-state index is 12.6. The molecule has 0 spiro atoms. The number of sulfone groups is 1. The molecule has 1 aromatic heterocycles. The number of aliphatic carboxylic acids is 1. The molecule has 3 aromatic rings. The van der Waals surface area contributed by atoms with Crippen molar-refractivity contribution in [3.63, 3.8) is 0 Å². The molecule has 2 aromatic carbocycles. The number of rotatable bonds is 10. The second-order valence-electron chi connectivity index (χ2n) is 7.76. The van der Waals surface area contributed by atoms with Crippen LogP contribution < -0.4 is 5.32 Å². The van der Waals surface area contributed by atoms with Crippen LogP contribution in [0.15, 0.2) is 65.6 Å². The van der Waals surface area contributed by atoms with Crippen molar-refractivity contribution in [3.8, 4) is 16.9 Å². The summed E-state index contributed by atoms with van der Waals surface area (Å²) in [5.41, 5.74) is 3.51. The first-order valence-corrected chi connectivity index (χ1v) is 12.2. The third kappa shape index (κ3) is 6.23. The Morgan fingerprint density at radius 2 is 1.77 bits per heavy atom. The van der Waals surface area contributed by atoms with Crippen molar-refractivity contribution >= 4 is 21.7 Å². The van der Waals surface area contributed by atoms with Gasteiger partial charge in [0.2, 0.25) is 5.91 Å². The first-order chi connectivity index (χ1) is 16.5. The number of nitrogens with one attached hydrogen (secondary N) is 1. The molecule has 0 aliphatic heterocycles. The molecule has 0 aliphatic rings. The van der Waals surface area contributed by atoms with Crippen LogP contribution >= 0.6 is 0 Å². The van der Waals surface area contributed by atoms with E-state index in [9.17, 15) is 33.2 Å². The molecule has 0 unspecified atom stereocenters. The van der Waals surface area contributed by atoms with Crippen molar-refractivity contribution in [2.75, 3.05) is 12.9 Å². The second kappa shape index (κ2) is 10.4. The molecule has 35 heavy (non-hydrogen) atoms. The Balaban J connectivity index is 1.96. The lowest BCUT2D eigenvalue weighted by Gasteiger charge is -2.14. The van der Waals surface area contributed by atoms with Crippen molar-refractivity contribution in [2.45, 2.75) is 24.3 Å². The third-order valence-corrected chi connectivity index (χ3v) is 6.40. The summed E-state index contributed by atoms with van der Waals surface area (Å²) in [7, 11) is -3.37. The Bertz CT molecular complexity index is 1350. The van der Waals surface area contributed by atoms with Crippen molar-refractivity contribution in [2.24, 2.45) is 0 Å². The Morgan fingerprint density at radius 3 is 2.31 bits per heavy atom. The van der Waals surface area contributed by atoms with Gasteiger partial charge in [-0.05, 0) is 48.4 Å². The summed E-state index contributed by atoms with van der Waals surface area (Å²) in [4.78, 5) is 38.6. The van der Waals surface area contributed by atoms with Crippen LogP contribution in [-0.2, 0) is 30.7 Å². The zero-order chi connectivity index (χ0) is 25.8. The van der Waals surface area contributed by atoms with Gasteiger partial charge in [-0.3, -0.25) is 4.79 Å². The highest BCUT2D eigenvalue weighted by Gasteiger charge is 2.23. The molecule has 0 aliphatic carbocycles. The maximum Gasteiger partial charge on any atom is 0.328 e. The molecule has 0 saturated heterocycles. The van der Waals surface area contributed by atoms with E-state index < -0.39 is 39.4 Å². The van der Waals surface area contributed by atoms with Gasteiger partial charge in [-0.1, -0.05) is 30.3 Å². The van der Waals surface area contributed by atoms with Gasteiger partial charge < -0.3 is 19.8 Å². The Morgan fingerprint density at radius 1 is 1.14 bits per heavy atom. The van der Waals surface area contributed by atoms with E-state index in [4.69, 9.17) is 0 Å². The lowest BCUT2D eigenvalue weighted by atomic mass is 10.1. The smallest absolute Gasteiger partial charge is 0.328 e. The van der Waals surface area contributed by atoms with Gasteiger partial charge >= 0.3 is 5.97 Å². The molecule has 184 valence electrons. The number of amides is 1. The summed E-state index contributed by atoms with van der Waals surface area (Å²) in [6.45, 7) is 0.977. The van der Waals surface area contributed by atoms with Crippen LogP contribution in [-0.4, -0.2) is 54.0 Å². The highest BCUT2D eigenvalue weighted by molar-refractivity contribution is 7.90. The van der Waals surface area contributed by atoms with Gasteiger partial charge in [0.25, 0.3) is 5.09 Å². The van der Waals surface area contributed by atoms with Crippen LogP contribution in [0.4, 0.5) is 0 Å². The van der Waals surface area contributed by atoms with Crippen molar-refractivity contribution in [1.29, 1.82) is 0 Å². The fourth-order valence-electron chi connectivity index (χ4n) is 3.56.